The average Bonchev–Trinajstić information content (AvgIpc) is 3.47. The van der Waals surface area contributed by atoms with Crippen molar-refractivity contribution in [3.63, 3.8) is 0 Å². The van der Waals surface area contributed by atoms with Gasteiger partial charge >= 0.3 is 5.97 Å². The number of ketones is 1. The molecule has 5 nitrogen and oxygen atoms in total. The molecule has 34 heavy (non-hydrogen) atoms. The number of benzene rings is 3. The molecule has 1 saturated carbocycles. The van der Waals surface area contributed by atoms with Gasteiger partial charge in [-0.3, -0.25) is 9.59 Å². The minimum Gasteiger partial charge on any atom is -0.481 e. The van der Waals surface area contributed by atoms with Crippen molar-refractivity contribution in [2.75, 3.05) is 5.32 Å². The van der Waals surface area contributed by atoms with E-state index in [1.165, 1.54) is 15.8 Å². The molecule has 0 amide bonds. The van der Waals surface area contributed by atoms with Gasteiger partial charge in [0, 0.05) is 17.2 Å². The van der Waals surface area contributed by atoms with Crippen LogP contribution in [0.25, 0.3) is 21.3 Å². The Hall–Kier alpha value is -3.51. The molecule has 1 heterocycles. The van der Waals surface area contributed by atoms with Crippen LogP contribution in [0.4, 0.5) is 10.8 Å². The second kappa shape index (κ2) is 9.03. The van der Waals surface area contributed by atoms with Crippen molar-refractivity contribution in [3.8, 4) is 11.1 Å². The van der Waals surface area contributed by atoms with Crippen LogP contribution in [0.3, 0.4) is 0 Å². The first-order chi connectivity index (χ1) is 16.4. The first-order valence-corrected chi connectivity index (χ1v) is 12.3. The van der Waals surface area contributed by atoms with Crippen LogP contribution in [-0.2, 0) is 4.79 Å². The van der Waals surface area contributed by atoms with E-state index in [0.717, 1.165) is 33.9 Å². The lowest BCUT2D eigenvalue weighted by Gasteiger charge is -2.14. The zero-order chi connectivity index (χ0) is 23.8. The quantitative estimate of drug-likeness (QED) is 0.296. The Kier molecular flexibility index (Phi) is 5.92. The number of nitrogens with zero attached hydrogens (tertiary/aromatic N) is 1. The summed E-state index contributed by atoms with van der Waals surface area (Å²) in [5.41, 5.74) is 7.07. The summed E-state index contributed by atoms with van der Waals surface area (Å²) < 4.78 is 1.20. The number of carbonyl (C=O) groups is 2. The Bertz CT molecular complexity index is 1370. The molecule has 0 aliphatic heterocycles. The number of anilines is 2. The van der Waals surface area contributed by atoms with Crippen molar-refractivity contribution < 1.29 is 14.7 Å². The maximum Gasteiger partial charge on any atom is 0.307 e. The predicted octanol–water partition coefficient (Wildman–Crippen LogP) is 7.01. The number of aromatic nitrogens is 1. The lowest BCUT2D eigenvalue weighted by molar-refractivity contribution is -0.142. The highest BCUT2D eigenvalue weighted by molar-refractivity contribution is 7.22. The van der Waals surface area contributed by atoms with E-state index >= 15 is 0 Å². The zero-order valence-electron chi connectivity index (χ0n) is 19.2. The zero-order valence-corrected chi connectivity index (χ0v) is 20.0. The van der Waals surface area contributed by atoms with Crippen molar-refractivity contribution in [1.29, 1.82) is 0 Å². The largest absolute Gasteiger partial charge is 0.481 e. The van der Waals surface area contributed by atoms with Gasteiger partial charge in [-0.15, -0.1) is 0 Å². The number of hydrogen-bond acceptors (Lipinski definition) is 5. The molecule has 0 saturated heterocycles. The number of nitrogens with one attached hydrogen (secondary N) is 1. The number of fused-ring (bicyclic) bond motifs is 1. The molecule has 1 fully saturated rings. The van der Waals surface area contributed by atoms with E-state index in [1.54, 1.807) is 11.3 Å². The highest BCUT2D eigenvalue weighted by atomic mass is 32.1. The third kappa shape index (κ3) is 4.33. The molecular weight excluding hydrogens is 444 g/mol. The van der Waals surface area contributed by atoms with E-state index in [4.69, 9.17) is 4.98 Å². The van der Waals surface area contributed by atoms with Crippen molar-refractivity contribution in [2.45, 2.75) is 33.1 Å². The van der Waals surface area contributed by atoms with Crippen molar-refractivity contribution in [3.05, 3.63) is 77.4 Å². The van der Waals surface area contributed by atoms with E-state index in [0.29, 0.717) is 18.4 Å². The number of aliphatic carboxylic acids is 1. The lowest BCUT2D eigenvalue weighted by atomic mass is 9.88. The minimum atomic E-state index is -0.864. The Morgan fingerprint density at radius 1 is 0.941 bits per heavy atom. The third-order valence-corrected chi connectivity index (χ3v) is 7.75. The van der Waals surface area contributed by atoms with Gasteiger partial charge in [-0.2, -0.15) is 0 Å². The molecule has 3 aromatic carbocycles. The topological polar surface area (TPSA) is 79.3 Å². The lowest BCUT2D eigenvalue weighted by Crippen LogP contribution is -2.25. The molecular formula is C28H26N2O3S. The van der Waals surface area contributed by atoms with Gasteiger partial charge in [-0.25, -0.2) is 4.98 Å². The van der Waals surface area contributed by atoms with E-state index in [1.807, 2.05) is 48.5 Å². The average molecular weight is 471 g/mol. The summed E-state index contributed by atoms with van der Waals surface area (Å²) >= 11 is 1.65. The summed E-state index contributed by atoms with van der Waals surface area (Å²) in [6.45, 7) is 4.20. The van der Waals surface area contributed by atoms with Gasteiger partial charge in [0.2, 0.25) is 0 Å². The van der Waals surface area contributed by atoms with Crippen LogP contribution in [0.2, 0.25) is 0 Å². The van der Waals surface area contributed by atoms with Crippen molar-refractivity contribution >= 4 is 44.1 Å². The molecule has 1 aromatic heterocycles. The number of carboxylic acids is 1. The SMILES string of the molecule is Cc1cc(C)c2sc(Nc3ccc(-c4ccc(C(=O)[C@@H]5CCC[C@H]5C(=O)O)cc4)cc3)nc2c1. The number of Topliss-reactive ketones (excluding diaryl/α,β-unsaturated/α-hetero) is 1. The van der Waals surface area contributed by atoms with Gasteiger partial charge in [-0.1, -0.05) is 60.2 Å². The molecule has 5 rings (SSSR count). The molecule has 0 unspecified atom stereocenters. The van der Waals surface area contributed by atoms with Crippen LogP contribution in [0.15, 0.2) is 60.7 Å². The molecule has 2 N–H and O–H groups in total. The smallest absolute Gasteiger partial charge is 0.307 e. The highest BCUT2D eigenvalue weighted by Gasteiger charge is 2.37. The molecule has 0 spiro atoms. The van der Waals surface area contributed by atoms with Crippen LogP contribution in [0.1, 0.15) is 40.7 Å². The van der Waals surface area contributed by atoms with Crippen LogP contribution in [0, 0.1) is 25.7 Å². The fraction of sp³-hybridized carbons (Fsp3) is 0.250. The summed E-state index contributed by atoms with van der Waals surface area (Å²) in [5, 5.41) is 13.7. The number of hydrogen-bond donors (Lipinski definition) is 2. The molecule has 0 radical (unpaired) electrons. The molecule has 0 bridgehead atoms. The Balaban J connectivity index is 1.29. The summed E-state index contributed by atoms with van der Waals surface area (Å²) in [7, 11) is 0. The van der Waals surface area contributed by atoms with Crippen LogP contribution in [-0.4, -0.2) is 21.8 Å². The number of thiazole rings is 1. The molecule has 4 aromatic rings. The molecule has 2 atom stereocenters. The summed E-state index contributed by atoms with van der Waals surface area (Å²) in [4.78, 5) is 29.0. The molecule has 1 aliphatic carbocycles. The Labute approximate surface area is 202 Å². The molecule has 1 aliphatic rings. The van der Waals surface area contributed by atoms with Crippen molar-refractivity contribution in [2.24, 2.45) is 11.8 Å². The normalized spacial score (nSPS) is 17.7. The number of carbonyl (C=O) groups excluding carboxylic acids is 1. The summed E-state index contributed by atoms with van der Waals surface area (Å²) in [5.74, 6) is -1.89. The van der Waals surface area contributed by atoms with Gasteiger partial charge in [0.05, 0.1) is 16.1 Å². The van der Waals surface area contributed by atoms with E-state index in [-0.39, 0.29) is 5.78 Å². The Morgan fingerprint density at radius 2 is 1.59 bits per heavy atom. The van der Waals surface area contributed by atoms with Crippen molar-refractivity contribution in [1.82, 2.24) is 4.98 Å². The fourth-order valence-corrected chi connectivity index (χ4v) is 5.85. The number of aryl methyl sites for hydroxylation is 2. The van der Waals surface area contributed by atoms with Crippen LogP contribution in [0.5, 0.6) is 0 Å². The van der Waals surface area contributed by atoms with E-state index < -0.39 is 17.8 Å². The first kappa shape index (κ1) is 22.3. The monoisotopic (exact) mass is 470 g/mol. The third-order valence-electron chi connectivity index (χ3n) is 6.63. The predicted molar refractivity (Wildman–Crippen MR) is 137 cm³/mol. The number of rotatable bonds is 6. The second-order valence-electron chi connectivity index (χ2n) is 9.08. The maximum absolute atomic E-state index is 12.9. The minimum absolute atomic E-state index is 0.0581. The standard InChI is InChI=1S/C28H26N2O3S/c1-16-14-17(2)26-24(15-16)30-28(34-26)29-21-12-10-19(11-13-21)18-6-8-20(9-7-18)25(31)22-4-3-5-23(22)27(32)33/h6-15,22-23H,3-5H2,1-2H3,(H,29,30)(H,32,33)/t22-,23-/m1/s1. The van der Waals surface area contributed by atoms with Crippen LogP contribution >= 0.6 is 11.3 Å². The number of carboxylic acid groups (broad SMARTS) is 1. The van der Waals surface area contributed by atoms with E-state index in [2.05, 4.69) is 31.3 Å². The summed E-state index contributed by atoms with van der Waals surface area (Å²) in [6.07, 6.45) is 2.03. The van der Waals surface area contributed by atoms with Gasteiger partial charge in [-0.05, 0) is 67.1 Å². The van der Waals surface area contributed by atoms with Gasteiger partial charge in [0.1, 0.15) is 0 Å². The van der Waals surface area contributed by atoms with Gasteiger partial charge in [0.25, 0.3) is 0 Å². The molecule has 172 valence electrons. The highest BCUT2D eigenvalue weighted by Crippen LogP contribution is 2.35. The fourth-order valence-electron chi connectivity index (χ4n) is 4.91. The summed E-state index contributed by atoms with van der Waals surface area (Å²) in [6, 6.07) is 19.9. The Morgan fingerprint density at radius 3 is 2.26 bits per heavy atom. The van der Waals surface area contributed by atoms with Gasteiger partial charge < -0.3 is 10.4 Å². The first-order valence-electron chi connectivity index (χ1n) is 11.5. The van der Waals surface area contributed by atoms with E-state index in [9.17, 15) is 14.7 Å². The molecule has 6 heteroatoms. The van der Waals surface area contributed by atoms with Gasteiger partial charge in [0.15, 0.2) is 10.9 Å². The second-order valence-corrected chi connectivity index (χ2v) is 10.1. The maximum atomic E-state index is 12.9. The van der Waals surface area contributed by atoms with Crippen LogP contribution < -0.4 is 5.32 Å².